The van der Waals surface area contributed by atoms with Gasteiger partial charge in [0, 0.05) is 10.4 Å². The minimum absolute atomic E-state index is 0.280. The summed E-state index contributed by atoms with van der Waals surface area (Å²) >= 11 is 3.55. The van der Waals surface area contributed by atoms with Gasteiger partial charge in [0.2, 0.25) is 0 Å². The van der Waals surface area contributed by atoms with Crippen molar-refractivity contribution >= 4 is 15.9 Å². The number of rotatable bonds is 2. The third kappa shape index (κ3) is 2.43. The van der Waals surface area contributed by atoms with Crippen LogP contribution in [0.5, 0.6) is 0 Å². The van der Waals surface area contributed by atoms with Crippen LogP contribution in [0, 0.1) is 0 Å². The van der Waals surface area contributed by atoms with E-state index in [1.165, 1.54) is 38.9 Å². The lowest BCUT2D eigenvalue weighted by molar-refractivity contribution is 1.02. The number of hydrogen-bond donors (Lipinski definition) is 0. The van der Waals surface area contributed by atoms with E-state index in [0.717, 1.165) is 4.47 Å². The van der Waals surface area contributed by atoms with Gasteiger partial charge in [-0.3, -0.25) is 0 Å². The van der Waals surface area contributed by atoms with Crippen LogP contribution >= 0.6 is 15.9 Å². The Labute approximate surface area is 162 Å². The predicted octanol–water partition coefficient (Wildman–Crippen LogP) is 7.28. The molecule has 0 N–H and O–H groups in total. The maximum Gasteiger partial charge on any atom is 0.0358 e. The Morgan fingerprint density at radius 1 is 0.538 bits per heavy atom. The fourth-order valence-corrected chi connectivity index (χ4v) is 4.40. The molecule has 0 radical (unpaired) electrons. The summed E-state index contributed by atoms with van der Waals surface area (Å²) in [6.07, 6.45) is 0. The molecule has 5 rings (SSSR count). The molecule has 4 aromatic rings. The van der Waals surface area contributed by atoms with Gasteiger partial charge < -0.3 is 0 Å². The highest BCUT2D eigenvalue weighted by Crippen LogP contribution is 2.51. The highest BCUT2D eigenvalue weighted by molar-refractivity contribution is 9.10. The Balaban J connectivity index is 1.81. The van der Waals surface area contributed by atoms with Crippen LogP contribution in [-0.2, 0) is 0 Å². The minimum atomic E-state index is 0.280. The van der Waals surface area contributed by atoms with Gasteiger partial charge in [0.25, 0.3) is 0 Å². The van der Waals surface area contributed by atoms with E-state index in [0.29, 0.717) is 0 Å². The number of hydrogen-bond acceptors (Lipinski definition) is 0. The maximum atomic E-state index is 3.55. The summed E-state index contributed by atoms with van der Waals surface area (Å²) in [4.78, 5) is 0. The van der Waals surface area contributed by atoms with Gasteiger partial charge in [0.05, 0.1) is 0 Å². The van der Waals surface area contributed by atoms with Crippen molar-refractivity contribution in [3.63, 3.8) is 0 Å². The zero-order valence-electron chi connectivity index (χ0n) is 14.2. The molecule has 0 saturated heterocycles. The fraction of sp³-hybridized carbons (Fsp3) is 0.0400. The summed E-state index contributed by atoms with van der Waals surface area (Å²) in [7, 11) is 0. The summed E-state index contributed by atoms with van der Waals surface area (Å²) in [5.74, 6) is 0.280. The molecule has 0 amide bonds. The summed E-state index contributed by atoms with van der Waals surface area (Å²) < 4.78 is 1.11. The zero-order valence-corrected chi connectivity index (χ0v) is 15.8. The summed E-state index contributed by atoms with van der Waals surface area (Å²) in [5, 5.41) is 0. The Bertz CT molecular complexity index is 1080. The Morgan fingerprint density at radius 2 is 1.19 bits per heavy atom. The van der Waals surface area contributed by atoms with Crippen molar-refractivity contribution in [2.24, 2.45) is 0 Å². The van der Waals surface area contributed by atoms with Gasteiger partial charge in [-0.25, -0.2) is 0 Å². The first-order valence-electron chi connectivity index (χ1n) is 8.86. The molecule has 1 aliphatic carbocycles. The van der Waals surface area contributed by atoms with Crippen molar-refractivity contribution in [2.75, 3.05) is 0 Å². The van der Waals surface area contributed by atoms with E-state index < -0.39 is 0 Å². The standard InChI is InChI=1S/C25H17Br/c26-19-15-13-17(14-16-19)20-11-6-12-23-21-9-4-5-10-22(21)24(25(20)23)18-7-2-1-3-8-18/h1-16,24H. The molecule has 0 spiro atoms. The lowest BCUT2D eigenvalue weighted by Gasteiger charge is -2.18. The number of fused-ring (bicyclic) bond motifs is 3. The van der Waals surface area contributed by atoms with Crippen LogP contribution in [0.15, 0.2) is 102 Å². The summed E-state index contributed by atoms with van der Waals surface area (Å²) in [6.45, 7) is 0. The molecule has 0 saturated carbocycles. The van der Waals surface area contributed by atoms with E-state index in [2.05, 4.69) is 113 Å². The molecule has 0 fully saturated rings. The molecule has 0 bridgehead atoms. The van der Waals surface area contributed by atoms with Crippen LogP contribution in [0.4, 0.5) is 0 Å². The molecule has 1 unspecified atom stereocenters. The predicted molar refractivity (Wildman–Crippen MR) is 112 cm³/mol. The molecule has 26 heavy (non-hydrogen) atoms. The van der Waals surface area contributed by atoms with E-state index >= 15 is 0 Å². The quantitative estimate of drug-likeness (QED) is 0.294. The van der Waals surface area contributed by atoms with Crippen LogP contribution in [0.1, 0.15) is 22.6 Å². The molecule has 0 aromatic heterocycles. The summed E-state index contributed by atoms with van der Waals surface area (Å²) in [5.41, 5.74) is 9.47. The highest BCUT2D eigenvalue weighted by atomic mass is 79.9. The molecule has 0 heterocycles. The van der Waals surface area contributed by atoms with Crippen molar-refractivity contribution in [3.05, 3.63) is 118 Å². The van der Waals surface area contributed by atoms with E-state index in [4.69, 9.17) is 0 Å². The molecule has 0 aliphatic heterocycles. The van der Waals surface area contributed by atoms with Gasteiger partial charge >= 0.3 is 0 Å². The largest absolute Gasteiger partial charge is 0.0622 e. The third-order valence-corrected chi connectivity index (χ3v) is 5.77. The van der Waals surface area contributed by atoms with E-state index in [9.17, 15) is 0 Å². The zero-order chi connectivity index (χ0) is 17.5. The van der Waals surface area contributed by atoms with E-state index in [1.807, 2.05) is 0 Å². The molecule has 1 atom stereocenters. The molecule has 1 heteroatoms. The third-order valence-electron chi connectivity index (χ3n) is 5.24. The molecular formula is C25H17Br. The van der Waals surface area contributed by atoms with Gasteiger partial charge in [-0.15, -0.1) is 0 Å². The second-order valence-corrected chi connectivity index (χ2v) is 7.62. The minimum Gasteiger partial charge on any atom is -0.0622 e. The second kappa shape index (κ2) is 6.26. The summed E-state index contributed by atoms with van der Waals surface area (Å²) in [6, 6.07) is 35.0. The lowest BCUT2D eigenvalue weighted by atomic mass is 9.85. The van der Waals surface area contributed by atoms with Gasteiger partial charge in [-0.2, -0.15) is 0 Å². The van der Waals surface area contributed by atoms with Crippen molar-refractivity contribution in [1.82, 2.24) is 0 Å². The Hall–Kier alpha value is -2.64. The first-order chi connectivity index (χ1) is 12.8. The van der Waals surface area contributed by atoms with Crippen LogP contribution < -0.4 is 0 Å². The first kappa shape index (κ1) is 15.6. The van der Waals surface area contributed by atoms with Gasteiger partial charge in [0.1, 0.15) is 0 Å². The number of benzene rings is 4. The monoisotopic (exact) mass is 396 g/mol. The van der Waals surface area contributed by atoms with Gasteiger partial charge in [-0.05, 0) is 51.1 Å². The average molecular weight is 397 g/mol. The molecule has 4 aromatic carbocycles. The first-order valence-corrected chi connectivity index (χ1v) is 9.65. The fourth-order valence-electron chi connectivity index (χ4n) is 4.13. The van der Waals surface area contributed by atoms with E-state index in [-0.39, 0.29) is 5.92 Å². The second-order valence-electron chi connectivity index (χ2n) is 6.70. The Kier molecular flexibility index (Phi) is 3.76. The van der Waals surface area contributed by atoms with Crippen LogP contribution in [0.2, 0.25) is 0 Å². The highest BCUT2D eigenvalue weighted by Gasteiger charge is 2.31. The average Bonchev–Trinajstić information content (AvgIpc) is 3.04. The van der Waals surface area contributed by atoms with Crippen LogP contribution in [-0.4, -0.2) is 0 Å². The van der Waals surface area contributed by atoms with Crippen molar-refractivity contribution in [3.8, 4) is 22.3 Å². The number of halogens is 1. The normalized spacial score (nSPS) is 14.7. The smallest absolute Gasteiger partial charge is 0.0358 e. The van der Waals surface area contributed by atoms with Crippen molar-refractivity contribution in [2.45, 2.75) is 5.92 Å². The van der Waals surface area contributed by atoms with Crippen LogP contribution in [0.3, 0.4) is 0 Å². The SMILES string of the molecule is Brc1ccc(-c2cccc3c2C(c2ccccc2)c2ccccc2-3)cc1. The van der Waals surface area contributed by atoms with Gasteiger partial charge in [0.15, 0.2) is 0 Å². The van der Waals surface area contributed by atoms with Crippen LogP contribution in [0.25, 0.3) is 22.3 Å². The lowest BCUT2D eigenvalue weighted by Crippen LogP contribution is -2.01. The molecule has 0 nitrogen and oxygen atoms in total. The van der Waals surface area contributed by atoms with E-state index in [1.54, 1.807) is 0 Å². The topological polar surface area (TPSA) is 0 Å². The van der Waals surface area contributed by atoms with Crippen molar-refractivity contribution in [1.29, 1.82) is 0 Å². The Morgan fingerprint density at radius 3 is 2.00 bits per heavy atom. The molecule has 1 aliphatic rings. The van der Waals surface area contributed by atoms with Gasteiger partial charge in [-0.1, -0.05) is 101 Å². The molecule has 124 valence electrons. The van der Waals surface area contributed by atoms with Crippen molar-refractivity contribution < 1.29 is 0 Å². The molecular weight excluding hydrogens is 380 g/mol. The maximum absolute atomic E-state index is 3.55.